The lowest BCUT2D eigenvalue weighted by Gasteiger charge is -2.09. The van der Waals surface area contributed by atoms with Gasteiger partial charge in [0.1, 0.15) is 0 Å². The van der Waals surface area contributed by atoms with Crippen molar-refractivity contribution in [2.45, 2.75) is 32.9 Å². The molecule has 0 radical (unpaired) electrons. The molecule has 1 atom stereocenters. The van der Waals surface area contributed by atoms with Gasteiger partial charge in [0.05, 0.1) is 12.6 Å². The van der Waals surface area contributed by atoms with Crippen LogP contribution in [0.3, 0.4) is 0 Å². The standard InChI is InChI=1S/C16H22N2OS/c1-4-15-12-20-16(18(15)10-11-19-3)17-13(2)14-8-6-5-7-9-14/h5-9,12-13H,4,10-11H2,1-3H3. The van der Waals surface area contributed by atoms with Crippen molar-refractivity contribution in [2.24, 2.45) is 4.99 Å². The summed E-state index contributed by atoms with van der Waals surface area (Å²) in [5.41, 5.74) is 2.57. The van der Waals surface area contributed by atoms with Crippen molar-refractivity contribution in [3.8, 4) is 0 Å². The van der Waals surface area contributed by atoms with E-state index in [4.69, 9.17) is 9.73 Å². The summed E-state index contributed by atoms with van der Waals surface area (Å²) in [5.74, 6) is 0. The fourth-order valence-electron chi connectivity index (χ4n) is 2.14. The lowest BCUT2D eigenvalue weighted by molar-refractivity contribution is 0.185. The van der Waals surface area contributed by atoms with Gasteiger partial charge in [0.25, 0.3) is 0 Å². The molecule has 2 rings (SSSR count). The molecule has 0 amide bonds. The summed E-state index contributed by atoms with van der Waals surface area (Å²) < 4.78 is 7.47. The molecule has 0 aliphatic carbocycles. The Balaban J connectivity index is 2.31. The summed E-state index contributed by atoms with van der Waals surface area (Å²) >= 11 is 1.71. The van der Waals surface area contributed by atoms with Crippen LogP contribution >= 0.6 is 11.3 Å². The SMILES string of the molecule is CCc1csc(=NC(C)c2ccccc2)n1CCOC. The third kappa shape index (κ3) is 3.58. The Kier molecular flexibility index (Phi) is 5.56. The number of nitrogens with zero attached hydrogens (tertiary/aromatic N) is 2. The average Bonchev–Trinajstić information content (AvgIpc) is 2.87. The minimum atomic E-state index is 0.174. The Morgan fingerprint density at radius 3 is 2.70 bits per heavy atom. The molecule has 0 aliphatic heterocycles. The maximum absolute atomic E-state index is 5.20. The molecule has 0 N–H and O–H groups in total. The second-order valence-corrected chi connectivity index (χ2v) is 5.56. The average molecular weight is 290 g/mol. The maximum Gasteiger partial charge on any atom is 0.185 e. The van der Waals surface area contributed by atoms with E-state index in [2.05, 4.69) is 48.1 Å². The van der Waals surface area contributed by atoms with E-state index < -0.39 is 0 Å². The van der Waals surface area contributed by atoms with Gasteiger partial charge in [-0.05, 0) is 18.9 Å². The normalized spacial score (nSPS) is 13.7. The van der Waals surface area contributed by atoms with E-state index in [0.717, 1.165) is 24.4 Å². The molecule has 1 aromatic carbocycles. The van der Waals surface area contributed by atoms with E-state index in [9.17, 15) is 0 Å². The fraction of sp³-hybridized carbons (Fsp3) is 0.438. The molecule has 0 bridgehead atoms. The van der Waals surface area contributed by atoms with Gasteiger partial charge in [-0.2, -0.15) is 0 Å². The molecule has 0 fully saturated rings. The molecule has 1 heterocycles. The number of aryl methyl sites for hydroxylation is 1. The van der Waals surface area contributed by atoms with Crippen LogP contribution in [0.4, 0.5) is 0 Å². The molecule has 4 heteroatoms. The molecule has 108 valence electrons. The van der Waals surface area contributed by atoms with Crippen molar-refractivity contribution in [1.82, 2.24) is 4.57 Å². The lowest BCUT2D eigenvalue weighted by Crippen LogP contribution is -2.20. The number of rotatable bonds is 6. The zero-order valence-electron chi connectivity index (χ0n) is 12.4. The van der Waals surface area contributed by atoms with Crippen LogP contribution in [-0.4, -0.2) is 18.3 Å². The lowest BCUT2D eigenvalue weighted by atomic mass is 10.1. The number of methoxy groups -OCH3 is 1. The number of hydrogen-bond donors (Lipinski definition) is 0. The number of aromatic nitrogens is 1. The number of ether oxygens (including phenoxy) is 1. The first kappa shape index (κ1) is 15.0. The van der Waals surface area contributed by atoms with Crippen molar-refractivity contribution >= 4 is 11.3 Å². The van der Waals surface area contributed by atoms with Gasteiger partial charge in [-0.25, -0.2) is 0 Å². The van der Waals surface area contributed by atoms with Crippen LogP contribution in [0.5, 0.6) is 0 Å². The molecular formula is C16H22N2OS. The quantitative estimate of drug-likeness (QED) is 0.800. The summed E-state index contributed by atoms with van der Waals surface area (Å²) in [6, 6.07) is 10.6. The van der Waals surface area contributed by atoms with Gasteiger partial charge in [-0.1, -0.05) is 37.3 Å². The van der Waals surface area contributed by atoms with Gasteiger partial charge < -0.3 is 9.30 Å². The van der Waals surface area contributed by atoms with Crippen molar-refractivity contribution in [2.75, 3.05) is 13.7 Å². The van der Waals surface area contributed by atoms with Crippen molar-refractivity contribution in [1.29, 1.82) is 0 Å². The largest absolute Gasteiger partial charge is 0.383 e. The van der Waals surface area contributed by atoms with Crippen molar-refractivity contribution in [3.63, 3.8) is 0 Å². The molecule has 0 aliphatic rings. The van der Waals surface area contributed by atoms with Crippen LogP contribution in [0, 0.1) is 0 Å². The molecule has 0 saturated carbocycles. The molecule has 1 aromatic heterocycles. The Hall–Kier alpha value is -1.39. The first-order chi connectivity index (χ1) is 9.76. The maximum atomic E-state index is 5.20. The van der Waals surface area contributed by atoms with Gasteiger partial charge >= 0.3 is 0 Å². The van der Waals surface area contributed by atoms with Crippen LogP contribution < -0.4 is 4.80 Å². The van der Waals surface area contributed by atoms with Crippen LogP contribution in [0.25, 0.3) is 0 Å². The summed E-state index contributed by atoms with van der Waals surface area (Å²) in [5, 5.41) is 2.20. The van der Waals surface area contributed by atoms with E-state index >= 15 is 0 Å². The number of thiazole rings is 1. The molecular weight excluding hydrogens is 268 g/mol. The molecule has 1 unspecified atom stereocenters. The van der Waals surface area contributed by atoms with E-state index in [-0.39, 0.29) is 6.04 Å². The Labute approximate surface area is 124 Å². The zero-order valence-corrected chi connectivity index (χ0v) is 13.2. The predicted octanol–water partition coefficient (Wildman–Crippen LogP) is 3.42. The highest BCUT2D eigenvalue weighted by atomic mass is 32.1. The smallest absolute Gasteiger partial charge is 0.185 e. The van der Waals surface area contributed by atoms with Crippen LogP contribution in [0.2, 0.25) is 0 Å². The van der Waals surface area contributed by atoms with Crippen LogP contribution in [0.1, 0.15) is 31.1 Å². The van der Waals surface area contributed by atoms with Gasteiger partial charge in [-0.15, -0.1) is 11.3 Å². The van der Waals surface area contributed by atoms with Crippen LogP contribution in [0.15, 0.2) is 40.7 Å². The first-order valence-corrected chi connectivity index (χ1v) is 7.89. The number of benzene rings is 1. The molecule has 0 saturated heterocycles. The van der Waals surface area contributed by atoms with Gasteiger partial charge in [-0.3, -0.25) is 4.99 Å². The Morgan fingerprint density at radius 2 is 2.05 bits per heavy atom. The van der Waals surface area contributed by atoms with Gasteiger partial charge in [0, 0.05) is 24.7 Å². The Morgan fingerprint density at radius 1 is 1.30 bits per heavy atom. The first-order valence-electron chi connectivity index (χ1n) is 7.01. The highest BCUT2D eigenvalue weighted by molar-refractivity contribution is 7.07. The highest BCUT2D eigenvalue weighted by Crippen LogP contribution is 2.15. The van der Waals surface area contributed by atoms with E-state index in [0.29, 0.717) is 0 Å². The molecule has 0 spiro atoms. The van der Waals surface area contributed by atoms with Crippen molar-refractivity contribution < 1.29 is 4.74 Å². The third-order valence-electron chi connectivity index (χ3n) is 3.35. The molecule has 2 aromatic rings. The predicted molar refractivity (Wildman–Crippen MR) is 84.0 cm³/mol. The zero-order chi connectivity index (χ0) is 14.4. The minimum Gasteiger partial charge on any atom is -0.383 e. The van der Waals surface area contributed by atoms with Crippen molar-refractivity contribution in [3.05, 3.63) is 51.8 Å². The molecule has 20 heavy (non-hydrogen) atoms. The highest BCUT2D eigenvalue weighted by Gasteiger charge is 2.06. The van der Waals surface area contributed by atoms with Crippen LogP contribution in [-0.2, 0) is 17.7 Å². The topological polar surface area (TPSA) is 26.5 Å². The third-order valence-corrected chi connectivity index (χ3v) is 4.27. The van der Waals surface area contributed by atoms with Gasteiger partial charge in [0.15, 0.2) is 4.80 Å². The van der Waals surface area contributed by atoms with Gasteiger partial charge in [0.2, 0.25) is 0 Å². The minimum absolute atomic E-state index is 0.174. The Bertz CT molecular complexity index is 586. The second kappa shape index (κ2) is 7.41. The fourth-order valence-corrected chi connectivity index (χ4v) is 3.23. The van der Waals surface area contributed by atoms with E-state index in [1.165, 1.54) is 11.3 Å². The summed E-state index contributed by atoms with van der Waals surface area (Å²) in [6.07, 6.45) is 1.02. The van der Waals surface area contributed by atoms with E-state index in [1.54, 1.807) is 18.4 Å². The second-order valence-electron chi connectivity index (χ2n) is 4.72. The number of hydrogen-bond acceptors (Lipinski definition) is 3. The monoisotopic (exact) mass is 290 g/mol. The summed E-state index contributed by atoms with van der Waals surface area (Å²) in [7, 11) is 1.74. The summed E-state index contributed by atoms with van der Waals surface area (Å²) in [6.45, 7) is 5.90. The van der Waals surface area contributed by atoms with E-state index in [1.807, 2.05) is 6.07 Å². The summed E-state index contributed by atoms with van der Waals surface area (Å²) in [4.78, 5) is 5.96. The molecule has 3 nitrogen and oxygen atoms in total.